The van der Waals surface area contributed by atoms with Gasteiger partial charge in [0, 0.05) is 0 Å². The van der Waals surface area contributed by atoms with Crippen molar-refractivity contribution >= 4 is 21.2 Å². The molecule has 0 aliphatic carbocycles. The van der Waals surface area contributed by atoms with Gasteiger partial charge < -0.3 is 9.47 Å². The van der Waals surface area contributed by atoms with E-state index in [9.17, 15) is 0 Å². The van der Waals surface area contributed by atoms with Crippen LogP contribution >= 0.6 is 10.7 Å². The average Bonchev–Trinajstić information content (AvgIpc) is 3.11. The minimum Gasteiger partial charge on any atom is -0.365 e. The summed E-state index contributed by atoms with van der Waals surface area (Å²) in [7, 11) is -0.316. The molecule has 0 amide bonds. The molecule has 4 rings (SSSR count). The lowest BCUT2D eigenvalue weighted by Gasteiger charge is -2.21. The molecule has 1 unspecified atom stereocenters. The van der Waals surface area contributed by atoms with Crippen LogP contribution in [-0.2, 0) is 22.7 Å². The van der Waals surface area contributed by atoms with Crippen LogP contribution in [0.15, 0.2) is 96.1 Å². The van der Waals surface area contributed by atoms with Crippen molar-refractivity contribution in [2.45, 2.75) is 20.1 Å². The highest BCUT2D eigenvalue weighted by Crippen LogP contribution is 2.32. The molecule has 30 heavy (non-hydrogen) atoms. The molecule has 1 aliphatic heterocycles. The summed E-state index contributed by atoms with van der Waals surface area (Å²) < 4.78 is 14.1. The van der Waals surface area contributed by atoms with Gasteiger partial charge in [0.2, 0.25) is 0 Å². The van der Waals surface area contributed by atoms with E-state index in [-0.39, 0.29) is 10.7 Å². The van der Waals surface area contributed by atoms with Crippen LogP contribution in [0.2, 0.25) is 0 Å². The van der Waals surface area contributed by atoms with Crippen LogP contribution in [-0.4, -0.2) is 27.7 Å². The molecular formula is C25H26N2O2S. The van der Waals surface area contributed by atoms with E-state index in [0.29, 0.717) is 25.9 Å². The van der Waals surface area contributed by atoms with Gasteiger partial charge in [0.15, 0.2) is 0 Å². The Balaban J connectivity index is 1.48. The molecule has 5 heteroatoms. The van der Waals surface area contributed by atoms with Crippen LogP contribution in [0.5, 0.6) is 0 Å². The molecule has 1 atom stereocenters. The van der Waals surface area contributed by atoms with E-state index in [2.05, 4.69) is 55.5 Å². The number of hydrazone groups is 1. The van der Waals surface area contributed by atoms with E-state index in [4.69, 9.17) is 14.6 Å². The third-order valence-corrected chi connectivity index (χ3v) is 6.82. The Hall–Kier alpha value is -2.73. The van der Waals surface area contributed by atoms with Gasteiger partial charge >= 0.3 is 0 Å². The van der Waals surface area contributed by atoms with E-state index in [1.54, 1.807) is 0 Å². The van der Waals surface area contributed by atoms with Crippen LogP contribution in [0.3, 0.4) is 0 Å². The summed E-state index contributed by atoms with van der Waals surface area (Å²) in [6.45, 7) is 3.65. The Bertz CT molecular complexity index is 1010. The highest BCUT2D eigenvalue weighted by Gasteiger charge is 2.24. The van der Waals surface area contributed by atoms with Gasteiger partial charge in [-0.1, -0.05) is 91.0 Å². The average molecular weight is 419 g/mol. The molecule has 4 nitrogen and oxygen atoms in total. The maximum atomic E-state index is 6.12. The highest BCUT2D eigenvalue weighted by molar-refractivity contribution is 8.15. The second-order valence-electron chi connectivity index (χ2n) is 7.01. The van der Waals surface area contributed by atoms with Gasteiger partial charge in [-0.2, -0.15) is 5.10 Å². The topological polar surface area (TPSA) is 34.1 Å². The third kappa shape index (κ3) is 5.25. The first-order valence-corrected chi connectivity index (χ1v) is 11.4. The molecule has 0 fully saturated rings. The highest BCUT2D eigenvalue weighted by atomic mass is 32.2. The summed E-state index contributed by atoms with van der Waals surface area (Å²) in [6, 6.07) is 30.9. The first-order chi connectivity index (χ1) is 14.8. The van der Waals surface area contributed by atoms with Crippen molar-refractivity contribution in [1.82, 2.24) is 4.41 Å². The fraction of sp³-hybridized carbons (Fsp3) is 0.200. The zero-order valence-corrected chi connectivity index (χ0v) is 17.9. The lowest BCUT2D eigenvalue weighted by atomic mass is 10.1. The molecule has 0 N–H and O–H groups in total. The monoisotopic (exact) mass is 418 g/mol. The van der Waals surface area contributed by atoms with Crippen LogP contribution in [0.4, 0.5) is 0 Å². The summed E-state index contributed by atoms with van der Waals surface area (Å²) >= 11 is 0. The summed E-state index contributed by atoms with van der Waals surface area (Å²) in [5, 5.41) is 4.80. The molecule has 154 valence electrons. The van der Waals surface area contributed by atoms with Gasteiger partial charge in [-0.05, 0) is 34.3 Å². The van der Waals surface area contributed by atoms with Gasteiger partial charge in [-0.3, -0.25) is 0 Å². The Kier molecular flexibility index (Phi) is 7.08. The van der Waals surface area contributed by atoms with Gasteiger partial charge in [0.1, 0.15) is 12.7 Å². The minimum absolute atomic E-state index is 0.316. The Morgan fingerprint density at radius 3 is 1.87 bits per heavy atom. The summed E-state index contributed by atoms with van der Waals surface area (Å²) in [5.74, 6) is 0.578. The van der Waals surface area contributed by atoms with E-state index >= 15 is 0 Å². The summed E-state index contributed by atoms with van der Waals surface area (Å²) in [4.78, 5) is 1.23. The molecule has 0 saturated heterocycles. The Labute approximate surface area is 180 Å². The molecule has 1 aliphatic rings. The normalized spacial score (nSPS) is 16.0. The third-order valence-electron chi connectivity index (χ3n) is 4.74. The summed E-state index contributed by atoms with van der Waals surface area (Å²) in [5.41, 5.74) is 4.54. The Morgan fingerprint density at radius 2 is 1.27 bits per heavy atom. The summed E-state index contributed by atoms with van der Waals surface area (Å²) in [6.07, 6.45) is 0. The van der Waals surface area contributed by atoms with E-state index in [1.807, 2.05) is 46.9 Å². The van der Waals surface area contributed by atoms with E-state index < -0.39 is 0 Å². The molecule has 0 bridgehead atoms. The number of nitrogens with zero attached hydrogens (tertiary/aromatic N) is 2. The number of hydrogen-bond acceptors (Lipinski definition) is 4. The lowest BCUT2D eigenvalue weighted by Crippen LogP contribution is -2.16. The van der Waals surface area contributed by atoms with Crippen molar-refractivity contribution in [2.24, 2.45) is 5.10 Å². The fourth-order valence-corrected chi connectivity index (χ4v) is 5.22. The Morgan fingerprint density at radius 1 is 0.733 bits per heavy atom. The van der Waals surface area contributed by atoms with Crippen LogP contribution in [0.1, 0.15) is 23.6 Å². The molecule has 0 spiro atoms. The molecule has 3 aromatic carbocycles. The van der Waals surface area contributed by atoms with Gasteiger partial charge in [-0.25, -0.2) is 4.41 Å². The number of ether oxygens (including phenoxy) is 2. The van der Waals surface area contributed by atoms with Crippen molar-refractivity contribution < 1.29 is 9.47 Å². The molecule has 1 heterocycles. The van der Waals surface area contributed by atoms with E-state index in [1.165, 1.54) is 16.0 Å². The molecule has 3 aromatic rings. The maximum Gasteiger partial charge on any atom is 0.146 e. The maximum absolute atomic E-state index is 6.12. The zero-order valence-electron chi connectivity index (χ0n) is 17.1. The number of benzene rings is 3. The molecular weight excluding hydrogens is 392 g/mol. The first kappa shape index (κ1) is 20.5. The van der Waals surface area contributed by atoms with Crippen LogP contribution in [0, 0.1) is 0 Å². The van der Waals surface area contributed by atoms with Crippen molar-refractivity contribution in [3.8, 4) is 0 Å². The van der Waals surface area contributed by atoms with Crippen LogP contribution < -0.4 is 0 Å². The number of rotatable bonds is 9. The van der Waals surface area contributed by atoms with Crippen molar-refractivity contribution in [3.63, 3.8) is 0 Å². The second kappa shape index (κ2) is 10.3. The van der Waals surface area contributed by atoms with Crippen molar-refractivity contribution in [2.75, 3.05) is 12.7 Å². The van der Waals surface area contributed by atoms with Crippen LogP contribution in [0.25, 0.3) is 0 Å². The minimum atomic E-state index is -0.316. The predicted molar refractivity (Wildman–Crippen MR) is 125 cm³/mol. The molecule has 0 saturated carbocycles. The zero-order chi connectivity index (χ0) is 20.6. The largest absolute Gasteiger partial charge is 0.365 e. The molecule has 0 aromatic heterocycles. The quantitative estimate of drug-likeness (QED) is 0.435. The standard InChI is InChI=1S/C25H26N2O2S/c1-21-25(24-15-9-4-10-16-24)30(20-29-18-23-13-7-3-8-14-23)27(26-21)19-28-17-22-11-5-2-6-12-22/h2-16H,17-20H2,1H3. The van der Waals surface area contributed by atoms with Gasteiger partial charge in [0.25, 0.3) is 0 Å². The fourth-order valence-electron chi connectivity index (χ4n) is 3.31. The van der Waals surface area contributed by atoms with Gasteiger partial charge in [-0.15, -0.1) is 0 Å². The van der Waals surface area contributed by atoms with Gasteiger partial charge in [0.05, 0.1) is 23.8 Å². The SMILES string of the molecule is CC1=NN(COCc2ccccc2)S(COCc2ccccc2)=C1c1ccccc1. The lowest BCUT2D eigenvalue weighted by molar-refractivity contribution is 0.0639. The van der Waals surface area contributed by atoms with Crippen molar-refractivity contribution in [1.29, 1.82) is 0 Å². The number of hydrogen-bond donors (Lipinski definition) is 0. The van der Waals surface area contributed by atoms with E-state index in [0.717, 1.165) is 11.3 Å². The smallest absolute Gasteiger partial charge is 0.146 e. The predicted octanol–water partition coefficient (Wildman–Crippen LogP) is 5.43. The molecule has 0 radical (unpaired) electrons. The first-order valence-electron chi connectivity index (χ1n) is 10.0. The van der Waals surface area contributed by atoms with Crippen molar-refractivity contribution in [3.05, 3.63) is 108 Å². The second-order valence-corrected chi connectivity index (χ2v) is 8.81.